The Morgan fingerprint density at radius 2 is 1.85 bits per heavy atom. The van der Waals surface area contributed by atoms with Crippen molar-refractivity contribution in [1.82, 2.24) is 9.80 Å². The van der Waals surface area contributed by atoms with Crippen molar-refractivity contribution in [2.24, 2.45) is 0 Å². The quantitative estimate of drug-likeness (QED) is 0.105. The Kier molecular flexibility index (Phi) is 8.11. The second-order valence-corrected chi connectivity index (χ2v) is 8.20. The molecule has 174 valence electrons. The van der Waals surface area contributed by atoms with Crippen molar-refractivity contribution < 1.29 is 9.85 Å². The zero-order valence-electron chi connectivity index (χ0n) is 18.2. The number of nitro benzene ring substituents is 2. The van der Waals surface area contributed by atoms with Crippen LogP contribution in [0.5, 0.6) is 0 Å². The van der Waals surface area contributed by atoms with Gasteiger partial charge in [0.25, 0.3) is 17.6 Å². The van der Waals surface area contributed by atoms with Crippen LogP contribution >= 0.6 is 11.8 Å². The van der Waals surface area contributed by atoms with Crippen LogP contribution in [0, 0.1) is 26.4 Å². The number of thioether (sulfide) groups is 1. The van der Waals surface area contributed by atoms with Gasteiger partial charge in [0, 0.05) is 48.4 Å². The first-order valence-electron chi connectivity index (χ1n) is 10.3. The van der Waals surface area contributed by atoms with Gasteiger partial charge in [-0.25, -0.2) is 0 Å². The average Bonchev–Trinajstić information content (AvgIpc) is 3.25. The lowest BCUT2D eigenvalue weighted by atomic mass is 10.2. The van der Waals surface area contributed by atoms with Gasteiger partial charge in [0.15, 0.2) is 0 Å². The Morgan fingerprint density at radius 3 is 2.52 bits per heavy atom. The summed E-state index contributed by atoms with van der Waals surface area (Å²) in [5.74, 6) is 0. The number of nitrogens with one attached hydrogen (secondary N) is 2. The molecule has 1 aliphatic heterocycles. The molecule has 12 heteroatoms. The van der Waals surface area contributed by atoms with Gasteiger partial charge < -0.3 is 21.3 Å². The maximum absolute atomic E-state index is 11.2. The molecule has 2 aromatic carbocycles. The molecule has 0 bridgehead atoms. The van der Waals surface area contributed by atoms with Crippen LogP contribution in [0.3, 0.4) is 0 Å². The number of anilines is 3. The molecule has 0 saturated heterocycles. The van der Waals surface area contributed by atoms with E-state index in [1.807, 2.05) is 12.5 Å². The first kappa shape index (κ1) is 23.9. The lowest BCUT2D eigenvalue weighted by Gasteiger charge is -2.16. The van der Waals surface area contributed by atoms with E-state index < -0.39 is 9.85 Å². The number of nitro groups is 2. The third-order valence-electron chi connectivity index (χ3n) is 5.05. The van der Waals surface area contributed by atoms with Gasteiger partial charge in [-0.05, 0) is 30.9 Å². The molecule has 1 aliphatic rings. The Morgan fingerprint density at radius 1 is 1.09 bits per heavy atom. The minimum atomic E-state index is -0.475. The van der Waals surface area contributed by atoms with Gasteiger partial charge >= 0.3 is 6.20 Å². The van der Waals surface area contributed by atoms with Crippen molar-refractivity contribution in [1.29, 1.82) is 0 Å². The van der Waals surface area contributed by atoms with E-state index >= 15 is 0 Å². The predicted molar refractivity (Wildman–Crippen MR) is 130 cm³/mol. The van der Waals surface area contributed by atoms with E-state index in [0.29, 0.717) is 12.2 Å². The molecule has 4 N–H and O–H groups in total. The van der Waals surface area contributed by atoms with Crippen LogP contribution in [-0.2, 0) is 0 Å². The highest BCUT2D eigenvalue weighted by atomic mass is 32.2. The van der Waals surface area contributed by atoms with Crippen LogP contribution in [0.25, 0.3) is 0 Å². The van der Waals surface area contributed by atoms with Crippen molar-refractivity contribution in [3.8, 4) is 0 Å². The molecular weight excluding hydrogens is 446 g/mol. The lowest BCUT2D eigenvalue weighted by Crippen LogP contribution is -2.30. The van der Waals surface area contributed by atoms with E-state index in [-0.39, 0.29) is 17.1 Å². The van der Waals surface area contributed by atoms with E-state index in [1.165, 1.54) is 30.0 Å². The summed E-state index contributed by atoms with van der Waals surface area (Å²) >= 11 is 1.48. The summed E-state index contributed by atoms with van der Waals surface area (Å²) < 4.78 is 0. The summed E-state index contributed by atoms with van der Waals surface area (Å²) in [6.45, 7) is 3.61. The first-order chi connectivity index (χ1) is 15.9. The fourth-order valence-corrected chi connectivity index (χ4v) is 3.92. The molecule has 0 fully saturated rings. The number of rotatable bonds is 12. The van der Waals surface area contributed by atoms with E-state index in [9.17, 15) is 20.2 Å². The van der Waals surface area contributed by atoms with Gasteiger partial charge in [0.2, 0.25) is 0 Å². The number of benzene rings is 2. The molecule has 0 amide bonds. The van der Waals surface area contributed by atoms with Gasteiger partial charge in [-0.15, -0.1) is 11.8 Å². The molecule has 1 heterocycles. The molecule has 0 saturated carbocycles. The third-order valence-corrected chi connectivity index (χ3v) is 5.82. The van der Waals surface area contributed by atoms with Crippen LogP contribution in [0.2, 0.25) is 0 Å². The monoisotopic (exact) mass is 472 g/mol. The number of nitrogen functional groups attached to an aromatic ring is 1. The van der Waals surface area contributed by atoms with Crippen molar-refractivity contribution >= 4 is 40.2 Å². The van der Waals surface area contributed by atoms with Crippen LogP contribution in [0.15, 0.2) is 47.5 Å². The third kappa shape index (κ3) is 6.61. The predicted octanol–water partition coefficient (Wildman–Crippen LogP) is 3.57. The van der Waals surface area contributed by atoms with E-state index in [2.05, 4.69) is 26.6 Å². The molecule has 0 spiro atoms. The largest absolute Gasteiger partial charge is 0.393 e. The van der Waals surface area contributed by atoms with Crippen molar-refractivity contribution in [2.45, 2.75) is 11.3 Å². The highest BCUT2D eigenvalue weighted by molar-refractivity contribution is 7.98. The van der Waals surface area contributed by atoms with Crippen molar-refractivity contribution in [3.63, 3.8) is 0 Å². The topological polar surface area (TPSA) is 143 Å². The van der Waals surface area contributed by atoms with Gasteiger partial charge in [-0.1, -0.05) is 0 Å². The van der Waals surface area contributed by atoms with Crippen LogP contribution in [-0.4, -0.2) is 58.7 Å². The van der Waals surface area contributed by atoms with Gasteiger partial charge in [0.1, 0.15) is 12.4 Å². The molecule has 0 unspecified atom stereocenters. The minimum Gasteiger partial charge on any atom is -0.393 e. The summed E-state index contributed by atoms with van der Waals surface area (Å²) in [5.41, 5.74) is 7.45. The van der Waals surface area contributed by atoms with Crippen LogP contribution < -0.4 is 16.4 Å². The summed E-state index contributed by atoms with van der Waals surface area (Å²) in [5, 5.41) is 28.4. The molecule has 33 heavy (non-hydrogen) atoms. The zero-order valence-corrected chi connectivity index (χ0v) is 19.0. The first-order valence-corrected chi connectivity index (χ1v) is 11.5. The maximum atomic E-state index is 11.2. The maximum Gasteiger partial charge on any atom is 0.391 e. The standard InChI is InChI=1S/C21H26N7O4S/c1-33-21-13-18(22)20(28(31)32)14-19(21)24-8-10-26-12-11-25(15-26)9-2-7-23-16-3-5-17(6-4-16)27(29)30/h3-6,12-14,23-24H,2,7-10,15,22H2,1H3/q+1. The summed E-state index contributed by atoms with van der Waals surface area (Å²) in [6.07, 6.45) is 7.92. The fraction of sp³-hybridized carbons (Fsp3) is 0.333. The molecule has 11 nitrogen and oxygen atoms in total. The minimum absolute atomic E-state index is 0.0752. The van der Waals surface area contributed by atoms with Crippen molar-refractivity contribution in [3.05, 3.63) is 69.0 Å². The number of nitrogens with two attached hydrogens (primary N) is 1. The lowest BCUT2D eigenvalue weighted by molar-refractivity contribution is -0.384. The molecule has 3 rings (SSSR count). The molecule has 0 aromatic heterocycles. The highest BCUT2D eigenvalue weighted by Gasteiger charge is 2.24. The molecular formula is C21H26N7O4S+. The van der Waals surface area contributed by atoms with Crippen molar-refractivity contribution in [2.75, 3.05) is 55.5 Å². The Bertz CT molecular complexity index is 1020. The fourth-order valence-electron chi connectivity index (χ4n) is 3.32. The zero-order chi connectivity index (χ0) is 23.8. The van der Waals surface area contributed by atoms with E-state index in [0.717, 1.165) is 43.3 Å². The molecule has 0 aliphatic carbocycles. The number of nitrogens with zero attached hydrogens (tertiary/aromatic N) is 4. The summed E-state index contributed by atoms with van der Waals surface area (Å²) in [4.78, 5) is 26.0. The summed E-state index contributed by atoms with van der Waals surface area (Å²) in [7, 11) is 0. The smallest absolute Gasteiger partial charge is 0.391 e. The SMILES string of the molecule is CSc1cc(N)c([N+](=O)[O-])cc1NCCN1C=[C+]N(CCCNc2ccc([N+](=O)[O-])cc2)C1. The van der Waals surface area contributed by atoms with Crippen LogP contribution in [0.1, 0.15) is 6.42 Å². The van der Waals surface area contributed by atoms with Gasteiger partial charge in [0.05, 0.1) is 22.1 Å². The number of non-ortho nitro benzene ring substituents is 1. The molecule has 0 atom stereocenters. The normalized spacial score (nSPS) is 12.5. The second-order valence-electron chi connectivity index (χ2n) is 7.35. The Labute approximate surface area is 195 Å². The van der Waals surface area contributed by atoms with E-state index in [4.69, 9.17) is 5.73 Å². The number of hydrogen-bond acceptors (Lipinski definition) is 10. The van der Waals surface area contributed by atoms with Gasteiger partial charge in [-0.2, -0.15) is 4.90 Å². The molecule has 2 aromatic rings. The molecule has 0 radical (unpaired) electrons. The van der Waals surface area contributed by atoms with Crippen LogP contribution in [0.4, 0.5) is 28.4 Å². The second kappa shape index (κ2) is 11.2. The van der Waals surface area contributed by atoms with E-state index in [1.54, 1.807) is 18.2 Å². The Hall–Kier alpha value is -3.76. The number of hydrogen-bond donors (Lipinski definition) is 3. The van der Waals surface area contributed by atoms with Gasteiger partial charge in [-0.3, -0.25) is 20.2 Å². The highest BCUT2D eigenvalue weighted by Crippen LogP contribution is 2.34. The summed E-state index contributed by atoms with van der Waals surface area (Å²) in [6, 6.07) is 9.48. The average molecular weight is 473 g/mol. The Balaban J connectivity index is 1.37.